The average molecular weight is 406 g/mol. The third kappa shape index (κ3) is 4.08. The number of nitrogens with one attached hydrogen (secondary N) is 1. The summed E-state index contributed by atoms with van der Waals surface area (Å²) in [5.74, 6) is -0.978. The number of nitrogens with zero attached hydrogens (tertiary/aromatic N) is 1. The van der Waals surface area contributed by atoms with Crippen molar-refractivity contribution in [1.29, 1.82) is 0 Å². The van der Waals surface area contributed by atoms with Crippen molar-refractivity contribution in [3.8, 4) is 0 Å². The molecule has 1 aliphatic rings. The first-order valence-corrected chi connectivity index (χ1v) is 9.65. The lowest BCUT2D eigenvalue weighted by atomic mass is 10.1. The van der Waals surface area contributed by atoms with Crippen molar-refractivity contribution in [3.05, 3.63) is 101 Å². The van der Waals surface area contributed by atoms with Crippen molar-refractivity contribution in [1.82, 2.24) is 5.32 Å². The molecule has 6 heteroatoms. The first-order chi connectivity index (χ1) is 14.4. The number of hydrogen-bond acceptors (Lipinski definition) is 2. The van der Waals surface area contributed by atoms with Crippen LogP contribution in [0, 0.1) is 11.6 Å². The molecule has 0 bridgehead atoms. The molecular formula is C24H20F2N2O2. The fourth-order valence-electron chi connectivity index (χ4n) is 3.58. The molecule has 0 saturated carbocycles. The van der Waals surface area contributed by atoms with Crippen LogP contribution < -0.4 is 10.2 Å². The van der Waals surface area contributed by atoms with Gasteiger partial charge in [0, 0.05) is 11.3 Å². The molecule has 0 fully saturated rings. The van der Waals surface area contributed by atoms with Crippen LogP contribution in [0.1, 0.15) is 40.0 Å². The molecule has 30 heavy (non-hydrogen) atoms. The van der Waals surface area contributed by atoms with E-state index in [1.165, 1.54) is 24.3 Å². The molecular weight excluding hydrogens is 386 g/mol. The molecule has 4 nitrogen and oxygen atoms in total. The first kappa shape index (κ1) is 19.8. The molecule has 2 amide bonds. The molecule has 152 valence electrons. The van der Waals surface area contributed by atoms with Gasteiger partial charge in [0.25, 0.3) is 5.91 Å². The van der Waals surface area contributed by atoms with Crippen LogP contribution >= 0.6 is 0 Å². The van der Waals surface area contributed by atoms with Crippen molar-refractivity contribution in [2.45, 2.75) is 25.9 Å². The lowest BCUT2D eigenvalue weighted by Crippen LogP contribution is -2.27. The van der Waals surface area contributed by atoms with E-state index >= 15 is 0 Å². The molecule has 1 atom stereocenters. The van der Waals surface area contributed by atoms with Crippen molar-refractivity contribution < 1.29 is 18.4 Å². The van der Waals surface area contributed by atoms with Crippen LogP contribution in [-0.2, 0) is 17.8 Å². The second kappa shape index (κ2) is 8.06. The molecule has 0 unspecified atom stereocenters. The van der Waals surface area contributed by atoms with E-state index in [0.29, 0.717) is 12.1 Å². The highest BCUT2D eigenvalue weighted by Gasteiger charge is 2.28. The van der Waals surface area contributed by atoms with Crippen LogP contribution in [0.5, 0.6) is 0 Å². The van der Waals surface area contributed by atoms with Crippen molar-refractivity contribution in [2.24, 2.45) is 0 Å². The van der Waals surface area contributed by atoms with Crippen molar-refractivity contribution in [2.75, 3.05) is 4.90 Å². The highest BCUT2D eigenvalue weighted by atomic mass is 19.1. The van der Waals surface area contributed by atoms with E-state index in [2.05, 4.69) is 5.32 Å². The van der Waals surface area contributed by atoms with E-state index in [1.54, 1.807) is 47.4 Å². The predicted octanol–water partition coefficient (Wildman–Crippen LogP) is 4.55. The van der Waals surface area contributed by atoms with E-state index in [1.807, 2.05) is 6.92 Å². The smallest absolute Gasteiger partial charge is 0.251 e. The fourth-order valence-corrected chi connectivity index (χ4v) is 3.58. The zero-order valence-electron chi connectivity index (χ0n) is 16.4. The third-order valence-corrected chi connectivity index (χ3v) is 5.25. The first-order valence-electron chi connectivity index (χ1n) is 9.65. The summed E-state index contributed by atoms with van der Waals surface area (Å²) in [6, 6.07) is 16.9. The minimum atomic E-state index is -0.328. The van der Waals surface area contributed by atoms with Gasteiger partial charge in [-0.2, -0.15) is 0 Å². The van der Waals surface area contributed by atoms with Gasteiger partial charge in [0.05, 0.1) is 19.0 Å². The van der Waals surface area contributed by atoms with Crippen LogP contribution in [0.15, 0.2) is 66.7 Å². The van der Waals surface area contributed by atoms with Gasteiger partial charge in [0.1, 0.15) is 11.6 Å². The SMILES string of the molecule is C[C@H](NC(=O)c1ccc2c(c1)CC(=O)N2Cc1ccc(F)cc1)c1ccc(F)cc1. The zero-order valence-corrected chi connectivity index (χ0v) is 16.4. The molecule has 3 aromatic carbocycles. The molecule has 1 heterocycles. The van der Waals surface area contributed by atoms with Gasteiger partial charge < -0.3 is 10.2 Å². The summed E-state index contributed by atoms with van der Waals surface area (Å²) < 4.78 is 26.2. The number of carbonyl (C=O) groups is 2. The van der Waals surface area contributed by atoms with Crippen LogP contribution in [0.2, 0.25) is 0 Å². The molecule has 1 N–H and O–H groups in total. The third-order valence-electron chi connectivity index (χ3n) is 5.25. The summed E-state index contributed by atoms with van der Waals surface area (Å²) in [7, 11) is 0. The maximum absolute atomic E-state index is 13.1. The Morgan fingerprint density at radius 3 is 2.30 bits per heavy atom. The van der Waals surface area contributed by atoms with Crippen molar-refractivity contribution >= 4 is 17.5 Å². The van der Waals surface area contributed by atoms with Gasteiger partial charge in [0.15, 0.2) is 0 Å². The molecule has 0 aromatic heterocycles. The maximum atomic E-state index is 13.1. The number of amides is 2. The summed E-state index contributed by atoms with van der Waals surface area (Å²) in [5.41, 5.74) is 3.62. The number of fused-ring (bicyclic) bond motifs is 1. The largest absolute Gasteiger partial charge is 0.346 e. The highest BCUT2D eigenvalue weighted by molar-refractivity contribution is 6.03. The minimum Gasteiger partial charge on any atom is -0.346 e. The second-order valence-corrected chi connectivity index (χ2v) is 7.37. The van der Waals surface area contributed by atoms with E-state index in [0.717, 1.165) is 22.4 Å². The van der Waals surface area contributed by atoms with Crippen LogP contribution in [0.4, 0.5) is 14.5 Å². The number of carbonyl (C=O) groups excluding carboxylic acids is 2. The Morgan fingerprint density at radius 2 is 1.63 bits per heavy atom. The van der Waals surface area contributed by atoms with Gasteiger partial charge in [0.2, 0.25) is 5.91 Å². The Labute approximate surface area is 173 Å². The Kier molecular flexibility index (Phi) is 5.31. The second-order valence-electron chi connectivity index (χ2n) is 7.37. The van der Waals surface area contributed by atoms with E-state index < -0.39 is 0 Å². The van der Waals surface area contributed by atoms with Crippen LogP contribution in [-0.4, -0.2) is 11.8 Å². The van der Waals surface area contributed by atoms with E-state index in [-0.39, 0.29) is 35.9 Å². The molecule has 3 aromatic rings. The Bertz CT molecular complexity index is 1100. The van der Waals surface area contributed by atoms with Gasteiger partial charge >= 0.3 is 0 Å². The minimum absolute atomic E-state index is 0.0634. The summed E-state index contributed by atoms with van der Waals surface area (Å²) in [6.45, 7) is 2.17. The van der Waals surface area contributed by atoms with Gasteiger partial charge in [-0.15, -0.1) is 0 Å². The maximum Gasteiger partial charge on any atom is 0.251 e. The zero-order chi connectivity index (χ0) is 21.3. The molecule has 0 aliphatic carbocycles. The standard InChI is InChI=1S/C24H20F2N2O2/c1-15(17-4-9-21(26)10-5-17)27-24(30)18-6-11-22-19(12-18)13-23(29)28(22)14-16-2-7-20(25)8-3-16/h2-12,15H,13-14H2,1H3,(H,27,30)/t15-/m0/s1. The number of anilines is 1. The molecule has 4 rings (SSSR count). The fraction of sp³-hybridized carbons (Fsp3) is 0.167. The van der Waals surface area contributed by atoms with Gasteiger partial charge in [-0.1, -0.05) is 24.3 Å². The lowest BCUT2D eigenvalue weighted by molar-refractivity contribution is -0.117. The van der Waals surface area contributed by atoms with Crippen molar-refractivity contribution in [3.63, 3.8) is 0 Å². The normalized spacial score (nSPS) is 13.8. The van der Waals surface area contributed by atoms with Gasteiger partial charge in [-0.3, -0.25) is 9.59 Å². The quantitative estimate of drug-likeness (QED) is 0.676. The van der Waals surface area contributed by atoms with Gasteiger partial charge in [-0.25, -0.2) is 8.78 Å². The Hall–Kier alpha value is -3.54. The molecule has 0 spiro atoms. The summed E-state index contributed by atoms with van der Waals surface area (Å²) >= 11 is 0. The average Bonchev–Trinajstić information content (AvgIpc) is 3.04. The van der Waals surface area contributed by atoms with Crippen LogP contribution in [0.3, 0.4) is 0 Å². The number of benzene rings is 3. The highest BCUT2D eigenvalue weighted by Crippen LogP contribution is 2.31. The lowest BCUT2D eigenvalue weighted by Gasteiger charge is -2.18. The molecule has 0 radical (unpaired) electrons. The predicted molar refractivity (Wildman–Crippen MR) is 110 cm³/mol. The Morgan fingerprint density at radius 1 is 1.00 bits per heavy atom. The van der Waals surface area contributed by atoms with Crippen LogP contribution in [0.25, 0.3) is 0 Å². The molecule has 1 aliphatic heterocycles. The monoisotopic (exact) mass is 406 g/mol. The Balaban J connectivity index is 1.49. The van der Waals surface area contributed by atoms with Gasteiger partial charge in [-0.05, 0) is 66.1 Å². The summed E-state index contributed by atoms with van der Waals surface area (Å²) in [5, 5.41) is 2.90. The summed E-state index contributed by atoms with van der Waals surface area (Å²) in [4.78, 5) is 26.8. The number of halogens is 2. The molecule has 0 saturated heterocycles. The topological polar surface area (TPSA) is 49.4 Å². The summed E-state index contributed by atoms with van der Waals surface area (Å²) in [6.07, 6.45) is 0.213. The van der Waals surface area contributed by atoms with E-state index in [9.17, 15) is 18.4 Å². The number of rotatable bonds is 5. The van der Waals surface area contributed by atoms with E-state index in [4.69, 9.17) is 0 Å². The number of hydrogen-bond donors (Lipinski definition) is 1.